The minimum absolute atomic E-state index is 0.0475. The summed E-state index contributed by atoms with van der Waals surface area (Å²) in [7, 11) is -2.38. The number of ketones is 1. The standard InChI is InChI=1S/C27H22N2O8S/c1-28(38(34,35)25-14-9-19-5-2-3-6-20(19)16-25)22-10-12-24(13-11-22)36-18-27(31)37-17-26(30)21-7-4-8-23(15-21)29(32)33/h2-16H,17-18H2,1H3. The summed E-state index contributed by atoms with van der Waals surface area (Å²) in [4.78, 5) is 34.5. The van der Waals surface area contributed by atoms with E-state index in [0.29, 0.717) is 5.69 Å². The number of fused-ring (bicyclic) bond motifs is 1. The second-order valence-corrected chi connectivity index (χ2v) is 10.1. The SMILES string of the molecule is CN(c1ccc(OCC(=O)OCC(=O)c2cccc([N+](=O)[O-])c2)cc1)S(=O)(=O)c1ccc2ccccc2c1. The van der Waals surface area contributed by atoms with Crippen LogP contribution in [0.25, 0.3) is 10.8 Å². The number of Topliss-reactive ketones (excluding diaryl/α,β-unsaturated/α-hetero) is 1. The zero-order chi connectivity index (χ0) is 27.3. The third-order valence-corrected chi connectivity index (χ3v) is 7.46. The predicted octanol–water partition coefficient (Wildman–Crippen LogP) is 4.38. The van der Waals surface area contributed by atoms with Crippen molar-refractivity contribution in [2.45, 2.75) is 4.90 Å². The van der Waals surface area contributed by atoms with Crippen molar-refractivity contribution in [3.05, 3.63) is 107 Å². The van der Waals surface area contributed by atoms with Gasteiger partial charge in [-0.25, -0.2) is 13.2 Å². The molecular weight excluding hydrogens is 512 g/mol. The van der Waals surface area contributed by atoms with Crippen LogP contribution >= 0.6 is 0 Å². The third-order valence-electron chi connectivity index (χ3n) is 5.68. The Morgan fingerprint density at radius 3 is 2.29 bits per heavy atom. The van der Waals surface area contributed by atoms with Crippen LogP contribution in [0.4, 0.5) is 11.4 Å². The lowest BCUT2D eigenvalue weighted by molar-refractivity contribution is -0.384. The number of carbonyl (C=O) groups excluding carboxylic acids is 2. The Morgan fingerprint density at radius 1 is 0.868 bits per heavy atom. The summed E-state index contributed by atoms with van der Waals surface area (Å²) in [5.41, 5.74) is 0.187. The number of sulfonamides is 1. The topological polar surface area (TPSA) is 133 Å². The maximum atomic E-state index is 13.1. The van der Waals surface area contributed by atoms with Crippen molar-refractivity contribution in [2.24, 2.45) is 0 Å². The molecule has 0 radical (unpaired) electrons. The smallest absolute Gasteiger partial charge is 0.344 e. The first-order valence-corrected chi connectivity index (χ1v) is 12.7. The van der Waals surface area contributed by atoms with Crippen molar-refractivity contribution >= 4 is 43.9 Å². The molecule has 38 heavy (non-hydrogen) atoms. The van der Waals surface area contributed by atoms with Crippen LogP contribution in [0.3, 0.4) is 0 Å². The molecule has 194 valence electrons. The van der Waals surface area contributed by atoms with E-state index < -0.39 is 39.9 Å². The molecule has 0 aliphatic carbocycles. The molecule has 0 saturated heterocycles. The van der Waals surface area contributed by atoms with Crippen molar-refractivity contribution in [2.75, 3.05) is 24.6 Å². The van der Waals surface area contributed by atoms with Gasteiger partial charge in [0.2, 0.25) is 5.78 Å². The Labute approximate surface area is 218 Å². The highest BCUT2D eigenvalue weighted by molar-refractivity contribution is 7.92. The first-order valence-electron chi connectivity index (χ1n) is 11.3. The number of ether oxygens (including phenoxy) is 2. The summed E-state index contributed by atoms with van der Waals surface area (Å²) in [6.45, 7) is -1.09. The van der Waals surface area contributed by atoms with Gasteiger partial charge in [0, 0.05) is 24.7 Å². The number of anilines is 1. The maximum absolute atomic E-state index is 13.1. The fourth-order valence-corrected chi connectivity index (χ4v) is 4.81. The predicted molar refractivity (Wildman–Crippen MR) is 140 cm³/mol. The lowest BCUT2D eigenvalue weighted by Crippen LogP contribution is -2.26. The molecule has 0 unspecified atom stereocenters. The molecule has 4 aromatic rings. The van der Waals surface area contributed by atoms with Crippen LogP contribution < -0.4 is 9.04 Å². The molecule has 4 rings (SSSR count). The molecule has 0 N–H and O–H groups in total. The fourth-order valence-electron chi connectivity index (χ4n) is 3.58. The van der Waals surface area contributed by atoms with Crippen LogP contribution in [-0.2, 0) is 19.6 Å². The molecule has 0 fully saturated rings. The number of nitro groups is 1. The summed E-state index contributed by atoms with van der Waals surface area (Å²) in [5.74, 6) is -1.13. The van der Waals surface area contributed by atoms with Gasteiger partial charge in [0.05, 0.1) is 15.5 Å². The molecule has 0 bridgehead atoms. The Kier molecular flexibility index (Phi) is 7.68. The van der Waals surface area contributed by atoms with Crippen molar-refractivity contribution in [1.29, 1.82) is 0 Å². The van der Waals surface area contributed by atoms with E-state index in [4.69, 9.17) is 9.47 Å². The minimum Gasteiger partial charge on any atom is -0.482 e. The molecule has 0 aliphatic rings. The van der Waals surface area contributed by atoms with Gasteiger partial charge in [-0.3, -0.25) is 19.2 Å². The molecule has 0 spiro atoms. The molecule has 0 aliphatic heterocycles. The molecule has 0 aromatic heterocycles. The summed E-state index contributed by atoms with van der Waals surface area (Å²) in [6.07, 6.45) is 0. The van der Waals surface area contributed by atoms with E-state index >= 15 is 0 Å². The molecule has 0 heterocycles. The Bertz CT molecular complexity index is 1620. The molecule has 0 atom stereocenters. The number of non-ortho nitro benzene ring substituents is 1. The minimum atomic E-state index is -3.82. The highest BCUT2D eigenvalue weighted by Gasteiger charge is 2.22. The third kappa shape index (κ3) is 5.95. The lowest BCUT2D eigenvalue weighted by Gasteiger charge is -2.20. The molecule has 10 nitrogen and oxygen atoms in total. The maximum Gasteiger partial charge on any atom is 0.344 e. The van der Waals surface area contributed by atoms with Gasteiger partial charge in [-0.15, -0.1) is 0 Å². The summed E-state index contributed by atoms with van der Waals surface area (Å²) in [6, 6.07) is 23.6. The van der Waals surface area contributed by atoms with Gasteiger partial charge in [0.25, 0.3) is 15.7 Å². The average molecular weight is 535 g/mol. The van der Waals surface area contributed by atoms with E-state index in [0.717, 1.165) is 21.1 Å². The first-order chi connectivity index (χ1) is 18.1. The molecule has 4 aromatic carbocycles. The zero-order valence-electron chi connectivity index (χ0n) is 20.1. The molecule has 11 heteroatoms. The number of nitro benzene ring substituents is 1. The van der Waals surface area contributed by atoms with E-state index in [1.807, 2.05) is 24.3 Å². The van der Waals surface area contributed by atoms with Gasteiger partial charge < -0.3 is 9.47 Å². The largest absolute Gasteiger partial charge is 0.482 e. The van der Waals surface area contributed by atoms with Gasteiger partial charge in [0.15, 0.2) is 13.2 Å². The zero-order valence-corrected chi connectivity index (χ0v) is 21.0. The highest BCUT2D eigenvalue weighted by atomic mass is 32.2. The van der Waals surface area contributed by atoms with Crippen LogP contribution in [0.2, 0.25) is 0 Å². The quantitative estimate of drug-likeness (QED) is 0.127. The van der Waals surface area contributed by atoms with E-state index in [-0.39, 0.29) is 21.9 Å². The van der Waals surface area contributed by atoms with Gasteiger partial charge in [-0.05, 0) is 47.2 Å². The van der Waals surface area contributed by atoms with Crippen molar-refractivity contribution < 1.29 is 32.4 Å². The van der Waals surface area contributed by atoms with E-state index in [9.17, 15) is 28.1 Å². The second-order valence-electron chi connectivity index (χ2n) is 8.16. The van der Waals surface area contributed by atoms with Crippen LogP contribution in [0.1, 0.15) is 10.4 Å². The van der Waals surface area contributed by atoms with Crippen LogP contribution in [-0.4, -0.2) is 45.4 Å². The Balaban J connectivity index is 1.32. The first kappa shape index (κ1) is 26.3. The normalized spacial score (nSPS) is 11.1. The Morgan fingerprint density at radius 2 is 1.58 bits per heavy atom. The summed E-state index contributed by atoms with van der Waals surface area (Å²) in [5, 5.41) is 12.6. The summed E-state index contributed by atoms with van der Waals surface area (Å²) >= 11 is 0. The monoisotopic (exact) mass is 534 g/mol. The van der Waals surface area contributed by atoms with Crippen molar-refractivity contribution in [1.82, 2.24) is 0 Å². The van der Waals surface area contributed by atoms with Crippen LogP contribution in [0, 0.1) is 10.1 Å². The van der Waals surface area contributed by atoms with Gasteiger partial charge in [-0.1, -0.05) is 42.5 Å². The molecular formula is C27H22N2O8S. The second kappa shape index (κ2) is 11.1. The molecule has 0 amide bonds. The number of carbonyl (C=O) groups is 2. The highest BCUT2D eigenvalue weighted by Crippen LogP contribution is 2.26. The van der Waals surface area contributed by atoms with Crippen molar-refractivity contribution in [3.63, 3.8) is 0 Å². The van der Waals surface area contributed by atoms with E-state index in [1.165, 1.54) is 49.5 Å². The number of hydrogen-bond acceptors (Lipinski definition) is 8. The van der Waals surface area contributed by atoms with Gasteiger partial charge in [-0.2, -0.15) is 0 Å². The summed E-state index contributed by atoms with van der Waals surface area (Å²) < 4.78 is 37.7. The molecule has 0 saturated carbocycles. The number of esters is 1. The number of benzene rings is 4. The van der Waals surface area contributed by atoms with Crippen molar-refractivity contribution in [3.8, 4) is 5.75 Å². The van der Waals surface area contributed by atoms with Gasteiger partial charge in [0.1, 0.15) is 5.75 Å². The van der Waals surface area contributed by atoms with Crippen LogP contribution in [0.15, 0.2) is 95.9 Å². The van der Waals surface area contributed by atoms with E-state index in [1.54, 1.807) is 18.2 Å². The number of hydrogen-bond donors (Lipinski definition) is 0. The Hall–Kier alpha value is -4.77. The average Bonchev–Trinajstić information content (AvgIpc) is 2.94. The van der Waals surface area contributed by atoms with Gasteiger partial charge >= 0.3 is 5.97 Å². The number of nitrogens with zero attached hydrogens (tertiary/aromatic N) is 2. The fraction of sp³-hybridized carbons (Fsp3) is 0.111. The van der Waals surface area contributed by atoms with Crippen LogP contribution in [0.5, 0.6) is 5.75 Å². The van der Waals surface area contributed by atoms with E-state index in [2.05, 4.69) is 0 Å². The lowest BCUT2D eigenvalue weighted by atomic mass is 10.1. The number of rotatable bonds is 10.